The summed E-state index contributed by atoms with van der Waals surface area (Å²) in [6.45, 7) is 13.1. The van der Waals surface area contributed by atoms with Crippen LogP contribution in [-0.4, -0.2) is 65.5 Å². The van der Waals surface area contributed by atoms with Gasteiger partial charge in [-0.3, -0.25) is 19.2 Å². The van der Waals surface area contributed by atoms with Gasteiger partial charge in [0.15, 0.2) is 34.7 Å². The van der Waals surface area contributed by atoms with Crippen LogP contribution in [0.1, 0.15) is 25.7 Å². The SMILES string of the molecule is C[Si](C)O[Si](C)(C)CCCC1C(=O)O[B-]2(OC1=O)OC(=O)C(CCC[Si](C)(C)O[Si](C)C)C(=O)O2. The molecule has 0 aromatic carbocycles. The highest BCUT2D eigenvalue weighted by atomic mass is 28.4. The number of carbonyl (C=O) groups excluding carboxylic acids is 4. The van der Waals surface area contributed by atoms with Gasteiger partial charge in [-0.25, -0.2) is 0 Å². The molecular weight excluding hydrogens is 523 g/mol. The Kier molecular flexibility index (Phi) is 10.1. The van der Waals surface area contributed by atoms with Crippen LogP contribution in [0.15, 0.2) is 0 Å². The van der Waals surface area contributed by atoms with Gasteiger partial charge < -0.3 is 26.8 Å². The largest absolute Gasteiger partial charge is 0.784 e. The summed E-state index contributed by atoms with van der Waals surface area (Å²) in [5, 5.41) is 0. The molecule has 0 aliphatic carbocycles. The van der Waals surface area contributed by atoms with E-state index in [2.05, 4.69) is 52.4 Å². The smallest absolute Gasteiger partial charge is 0.584 e. The van der Waals surface area contributed by atoms with Crippen LogP contribution in [-0.2, 0) is 46.0 Å². The van der Waals surface area contributed by atoms with Gasteiger partial charge in [-0.15, -0.1) is 0 Å². The van der Waals surface area contributed by atoms with Crippen molar-refractivity contribution in [1.29, 1.82) is 0 Å². The molecule has 0 saturated carbocycles. The molecule has 0 bridgehead atoms. The fourth-order valence-corrected chi connectivity index (χ4v) is 16.1. The molecule has 2 radical (unpaired) electrons. The van der Waals surface area contributed by atoms with Crippen LogP contribution in [0.4, 0.5) is 0 Å². The first-order valence-electron chi connectivity index (χ1n) is 12.1. The third kappa shape index (κ3) is 8.96. The molecule has 198 valence electrons. The molecule has 2 heterocycles. The summed E-state index contributed by atoms with van der Waals surface area (Å²) in [6.07, 6.45) is 1.58. The van der Waals surface area contributed by atoms with Gasteiger partial charge in [0, 0.05) is 0 Å². The summed E-state index contributed by atoms with van der Waals surface area (Å²) >= 11 is 0. The molecule has 10 nitrogen and oxygen atoms in total. The van der Waals surface area contributed by atoms with Crippen LogP contribution in [0.25, 0.3) is 0 Å². The highest BCUT2D eigenvalue weighted by Crippen LogP contribution is 2.33. The fraction of sp³-hybridized carbons (Fsp3) is 0.800. The molecule has 0 aromatic rings. The predicted octanol–water partition coefficient (Wildman–Crippen LogP) is 3.36. The van der Waals surface area contributed by atoms with Crippen molar-refractivity contribution in [3.05, 3.63) is 0 Å². The minimum absolute atomic E-state index is 0.212. The molecule has 2 saturated heterocycles. The van der Waals surface area contributed by atoms with Gasteiger partial charge in [0.25, 0.3) is 23.9 Å². The van der Waals surface area contributed by atoms with Crippen LogP contribution in [0.3, 0.4) is 0 Å². The lowest BCUT2D eigenvalue weighted by atomic mass is 9.91. The summed E-state index contributed by atoms with van der Waals surface area (Å²) < 4.78 is 32.5. The van der Waals surface area contributed by atoms with Crippen LogP contribution >= 0.6 is 0 Å². The van der Waals surface area contributed by atoms with Crippen molar-refractivity contribution in [2.45, 2.75) is 90.1 Å². The molecule has 0 N–H and O–H groups in total. The van der Waals surface area contributed by atoms with Crippen LogP contribution in [0, 0.1) is 11.8 Å². The normalized spacial score (nSPS) is 25.5. The number of carbonyl (C=O) groups is 4. The van der Waals surface area contributed by atoms with Crippen molar-refractivity contribution in [2.24, 2.45) is 11.8 Å². The Hall–Kier alpha value is -1.27. The van der Waals surface area contributed by atoms with E-state index in [1.165, 1.54) is 0 Å². The van der Waals surface area contributed by atoms with Crippen molar-refractivity contribution >= 4 is 65.5 Å². The van der Waals surface area contributed by atoms with Crippen molar-refractivity contribution in [1.82, 2.24) is 0 Å². The molecule has 35 heavy (non-hydrogen) atoms. The van der Waals surface area contributed by atoms with Gasteiger partial charge in [-0.05, 0) is 77.3 Å². The first-order valence-corrected chi connectivity index (χ1v) is 23.1. The Morgan fingerprint density at radius 3 is 1.20 bits per heavy atom. The highest BCUT2D eigenvalue weighted by molar-refractivity contribution is 6.78. The maximum atomic E-state index is 12.6. The topological polar surface area (TPSA) is 124 Å². The second-order valence-corrected chi connectivity index (χ2v) is 24.1. The quantitative estimate of drug-likeness (QED) is 0.259. The van der Waals surface area contributed by atoms with Crippen molar-refractivity contribution in [3.63, 3.8) is 0 Å². The molecule has 2 aliphatic heterocycles. The van der Waals surface area contributed by atoms with E-state index in [1.54, 1.807) is 0 Å². The highest BCUT2D eigenvalue weighted by Gasteiger charge is 2.58. The zero-order valence-electron chi connectivity index (χ0n) is 22.1. The second-order valence-electron chi connectivity index (χ2n) is 10.8. The molecule has 2 aliphatic rings. The molecular formula is C20H38BO10Si4-. The van der Waals surface area contributed by atoms with E-state index in [1.807, 2.05) is 0 Å². The Labute approximate surface area is 213 Å². The van der Waals surface area contributed by atoms with E-state index < -0.39 is 77.4 Å². The predicted molar refractivity (Wildman–Crippen MR) is 137 cm³/mol. The minimum Gasteiger partial charge on any atom is -0.584 e. The number of hydrogen-bond acceptors (Lipinski definition) is 10. The van der Waals surface area contributed by atoms with E-state index in [9.17, 15) is 19.2 Å². The Balaban J connectivity index is 1.90. The van der Waals surface area contributed by atoms with E-state index >= 15 is 0 Å². The van der Waals surface area contributed by atoms with E-state index in [0.717, 1.165) is 12.1 Å². The molecule has 0 atom stereocenters. The van der Waals surface area contributed by atoms with Gasteiger partial charge in [0.2, 0.25) is 0 Å². The molecule has 0 amide bonds. The van der Waals surface area contributed by atoms with Gasteiger partial charge in [0.1, 0.15) is 11.8 Å². The summed E-state index contributed by atoms with van der Waals surface area (Å²) in [5.74, 6) is -6.00. The molecule has 0 aromatic heterocycles. The molecule has 2 rings (SSSR count). The Morgan fingerprint density at radius 2 is 0.943 bits per heavy atom. The van der Waals surface area contributed by atoms with Crippen molar-refractivity contribution in [3.8, 4) is 0 Å². The third-order valence-corrected chi connectivity index (χ3v) is 16.5. The van der Waals surface area contributed by atoms with Gasteiger partial charge in [0.05, 0.1) is 0 Å². The minimum atomic E-state index is -3.56. The van der Waals surface area contributed by atoms with Crippen molar-refractivity contribution < 1.29 is 46.0 Å². The molecule has 1 spiro atoms. The average Bonchev–Trinajstić information content (AvgIpc) is 2.64. The second kappa shape index (κ2) is 11.9. The van der Waals surface area contributed by atoms with Crippen LogP contribution in [0.5, 0.6) is 0 Å². The third-order valence-electron chi connectivity index (χ3n) is 5.68. The summed E-state index contributed by atoms with van der Waals surface area (Å²) in [4.78, 5) is 50.3. The maximum absolute atomic E-state index is 12.6. The lowest BCUT2D eigenvalue weighted by Gasteiger charge is -2.46. The molecule has 15 heteroatoms. The van der Waals surface area contributed by atoms with E-state index in [-0.39, 0.29) is 12.8 Å². The maximum Gasteiger partial charge on any atom is 0.784 e. The number of rotatable bonds is 12. The summed E-state index contributed by atoms with van der Waals surface area (Å²) in [7, 11) is -5.45. The summed E-state index contributed by atoms with van der Waals surface area (Å²) in [5.41, 5.74) is 0. The average molecular weight is 562 g/mol. The van der Waals surface area contributed by atoms with Gasteiger partial charge in [-0.1, -0.05) is 12.8 Å². The summed E-state index contributed by atoms with van der Waals surface area (Å²) in [6, 6.07) is 1.54. The number of hydrogen-bond donors (Lipinski definition) is 0. The zero-order valence-corrected chi connectivity index (χ0v) is 26.1. The Bertz CT molecular complexity index is 714. The van der Waals surface area contributed by atoms with Gasteiger partial charge in [-0.2, -0.15) is 0 Å². The standard InChI is InChI=1S/C20H38BO10Si4/c1-32(2)30-34(5,6)13-9-11-15-17(22)26-21(27-18(15)23)28-19(24)16(20(25)29-21)12-10-14-35(7,8)31-33(3)4/h15-16H,9-14H2,1-8H3/q-1. The van der Waals surface area contributed by atoms with Crippen LogP contribution < -0.4 is 0 Å². The zero-order chi connectivity index (χ0) is 26.6. The van der Waals surface area contributed by atoms with Gasteiger partial charge >= 0.3 is 6.96 Å². The fourth-order valence-electron chi connectivity index (χ4n) is 4.38. The molecule has 2 fully saturated rings. The first kappa shape index (κ1) is 30.0. The lowest BCUT2D eigenvalue weighted by Crippen LogP contribution is -2.64. The lowest BCUT2D eigenvalue weighted by molar-refractivity contribution is -0.187. The van der Waals surface area contributed by atoms with Crippen LogP contribution in [0.2, 0.25) is 64.5 Å². The first-order chi connectivity index (χ1) is 16.0. The monoisotopic (exact) mass is 561 g/mol. The Morgan fingerprint density at radius 1 is 0.657 bits per heavy atom. The van der Waals surface area contributed by atoms with E-state index in [0.29, 0.717) is 12.8 Å². The molecule has 0 unspecified atom stereocenters. The van der Waals surface area contributed by atoms with E-state index in [4.69, 9.17) is 26.8 Å². The van der Waals surface area contributed by atoms with Crippen molar-refractivity contribution in [2.75, 3.05) is 0 Å².